The Morgan fingerprint density at radius 2 is 2.05 bits per heavy atom. The molecule has 1 N–H and O–H groups in total. The van der Waals surface area contributed by atoms with Crippen molar-refractivity contribution in [2.45, 2.75) is 0 Å². The number of hydrogen-bond acceptors (Lipinski definition) is 4. The third-order valence-electron chi connectivity index (χ3n) is 2.71. The number of ether oxygens (including phenoxy) is 1. The lowest BCUT2D eigenvalue weighted by Crippen LogP contribution is -2.19. The fourth-order valence-electron chi connectivity index (χ4n) is 1.78. The van der Waals surface area contributed by atoms with Crippen LogP contribution in [-0.4, -0.2) is 29.4 Å². The molecule has 1 amide bonds. The zero-order valence-electron chi connectivity index (χ0n) is 11.3. The molecule has 0 fully saturated rings. The zero-order chi connectivity index (χ0) is 14.5. The maximum atomic E-state index is 11.6. The molecule has 2 rings (SSSR count). The topological polar surface area (TPSA) is 73.2 Å². The maximum absolute atomic E-state index is 11.6. The van der Waals surface area contributed by atoms with Gasteiger partial charge in [-0.15, -0.1) is 0 Å². The predicted octanol–water partition coefficient (Wildman–Crippen LogP) is 1.03. The van der Waals surface area contributed by atoms with E-state index in [4.69, 9.17) is 4.74 Å². The molecule has 1 aromatic carbocycles. The highest BCUT2D eigenvalue weighted by molar-refractivity contribution is 5.95. The van der Waals surface area contributed by atoms with E-state index in [0.717, 1.165) is 5.56 Å². The molecule has 0 spiro atoms. The van der Waals surface area contributed by atoms with Gasteiger partial charge in [0.2, 0.25) is 5.91 Å². The summed E-state index contributed by atoms with van der Waals surface area (Å²) in [5, 5.41) is 6.93. The van der Waals surface area contributed by atoms with Crippen molar-refractivity contribution in [3.8, 4) is 11.3 Å². The van der Waals surface area contributed by atoms with E-state index in [0.29, 0.717) is 11.4 Å². The van der Waals surface area contributed by atoms with Crippen LogP contribution in [0.2, 0.25) is 0 Å². The number of rotatable bonds is 4. The van der Waals surface area contributed by atoms with Gasteiger partial charge in [-0.05, 0) is 12.1 Å². The first kappa shape index (κ1) is 14.0. The number of nitrogens with zero attached hydrogens (tertiary/aromatic N) is 2. The van der Waals surface area contributed by atoms with Gasteiger partial charge in [0.1, 0.15) is 6.61 Å². The largest absolute Gasteiger partial charge is 0.375 e. The Kier molecular flexibility index (Phi) is 4.27. The molecular formula is C14H15N3O3. The van der Waals surface area contributed by atoms with Crippen LogP contribution in [0.5, 0.6) is 0 Å². The third-order valence-corrected chi connectivity index (χ3v) is 2.71. The molecule has 0 bridgehead atoms. The van der Waals surface area contributed by atoms with E-state index < -0.39 is 0 Å². The van der Waals surface area contributed by atoms with Crippen molar-refractivity contribution in [1.82, 2.24) is 9.78 Å². The Morgan fingerprint density at radius 3 is 2.75 bits per heavy atom. The van der Waals surface area contributed by atoms with Crippen LogP contribution < -0.4 is 10.9 Å². The summed E-state index contributed by atoms with van der Waals surface area (Å²) in [4.78, 5) is 23.0. The van der Waals surface area contributed by atoms with Gasteiger partial charge in [0.05, 0.1) is 11.4 Å². The standard InChI is InChI=1S/C14H15N3O3/c1-17-14(19)8-7-12(16-17)10-5-3-4-6-11(10)15-13(18)9-20-2/h3-8H,9H2,1-2H3,(H,15,18). The molecule has 0 atom stereocenters. The Hall–Kier alpha value is -2.47. The second kappa shape index (κ2) is 6.12. The van der Waals surface area contributed by atoms with Gasteiger partial charge in [-0.1, -0.05) is 18.2 Å². The van der Waals surface area contributed by atoms with Gasteiger partial charge in [-0.3, -0.25) is 9.59 Å². The normalized spacial score (nSPS) is 10.3. The molecule has 0 unspecified atom stereocenters. The van der Waals surface area contributed by atoms with Crippen LogP contribution in [0.3, 0.4) is 0 Å². The van der Waals surface area contributed by atoms with Crippen LogP contribution in [-0.2, 0) is 16.6 Å². The van der Waals surface area contributed by atoms with Crippen LogP contribution >= 0.6 is 0 Å². The summed E-state index contributed by atoms with van der Waals surface area (Å²) >= 11 is 0. The minimum Gasteiger partial charge on any atom is -0.375 e. The fourth-order valence-corrected chi connectivity index (χ4v) is 1.78. The van der Waals surface area contributed by atoms with Gasteiger partial charge < -0.3 is 10.1 Å². The number of carbonyl (C=O) groups excluding carboxylic acids is 1. The summed E-state index contributed by atoms with van der Waals surface area (Å²) in [6, 6.07) is 10.3. The Balaban J connectivity index is 2.38. The number of benzene rings is 1. The number of anilines is 1. The summed E-state index contributed by atoms with van der Waals surface area (Å²) in [6.07, 6.45) is 0. The lowest BCUT2D eigenvalue weighted by Gasteiger charge is -2.10. The van der Waals surface area contributed by atoms with E-state index in [1.807, 2.05) is 18.2 Å². The van der Waals surface area contributed by atoms with E-state index in [9.17, 15) is 9.59 Å². The number of nitrogens with one attached hydrogen (secondary N) is 1. The molecule has 0 aliphatic heterocycles. The molecule has 6 heteroatoms. The van der Waals surface area contributed by atoms with E-state index >= 15 is 0 Å². The fraction of sp³-hybridized carbons (Fsp3) is 0.214. The van der Waals surface area contributed by atoms with Crippen molar-refractivity contribution < 1.29 is 9.53 Å². The van der Waals surface area contributed by atoms with Crippen molar-refractivity contribution in [3.05, 3.63) is 46.8 Å². The predicted molar refractivity (Wildman–Crippen MR) is 75.4 cm³/mol. The van der Waals surface area contributed by atoms with Crippen LogP contribution in [0.15, 0.2) is 41.2 Å². The number of aromatic nitrogens is 2. The lowest BCUT2D eigenvalue weighted by molar-refractivity contribution is -0.119. The van der Waals surface area contributed by atoms with Crippen LogP contribution in [0.4, 0.5) is 5.69 Å². The number of amides is 1. The van der Waals surface area contributed by atoms with E-state index in [1.54, 1.807) is 19.2 Å². The Labute approximate surface area is 116 Å². The quantitative estimate of drug-likeness (QED) is 0.903. The summed E-state index contributed by atoms with van der Waals surface area (Å²) < 4.78 is 6.04. The monoisotopic (exact) mass is 273 g/mol. The van der Waals surface area contributed by atoms with E-state index in [2.05, 4.69) is 10.4 Å². The Bertz CT molecular complexity index is 679. The van der Waals surface area contributed by atoms with Crippen LogP contribution in [0.1, 0.15) is 0 Å². The summed E-state index contributed by atoms with van der Waals surface area (Å²) in [5.41, 5.74) is 1.79. The molecule has 0 saturated carbocycles. The Morgan fingerprint density at radius 1 is 1.30 bits per heavy atom. The molecule has 0 aliphatic rings. The van der Waals surface area contributed by atoms with Crippen LogP contribution in [0.25, 0.3) is 11.3 Å². The molecule has 0 radical (unpaired) electrons. The molecule has 1 heterocycles. The summed E-state index contributed by atoms with van der Waals surface area (Å²) in [6.45, 7) is -0.0188. The average molecular weight is 273 g/mol. The molecule has 0 aliphatic carbocycles. The highest BCUT2D eigenvalue weighted by Crippen LogP contribution is 2.25. The first-order valence-electron chi connectivity index (χ1n) is 6.04. The van der Waals surface area contributed by atoms with Gasteiger partial charge in [0.15, 0.2) is 0 Å². The minimum absolute atomic E-state index is 0.0188. The van der Waals surface area contributed by atoms with Gasteiger partial charge in [-0.25, -0.2) is 4.68 Å². The lowest BCUT2D eigenvalue weighted by atomic mass is 10.1. The zero-order valence-corrected chi connectivity index (χ0v) is 11.3. The average Bonchev–Trinajstić information content (AvgIpc) is 2.43. The SMILES string of the molecule is COCC(=O)Nc1ccccc1-c1ccc(=O)n(C)n1. The van der Waals surface area contributed by atoms with E-state index in [-0.39, 0.29) is 18.1 Å². The highest BCUT2D eigenvalue weighted by Gasteiger charge is 2.09. The molecule has 104 valence electrons. The van der Waals surface area contributed by atoms with Gasteiger partial charge in [-0.2, -0.15) is 5.10 Å². The number of carbonyl (C=O) groups is 1. The number of methoxy groups -OCH3 is 1. The molecule has 0 saturated heterocycles. The molecule has 20 heavy (non-hydrogen) atoms. The van der Waals surface area contributed by atoms with Crippen molar-refractivity contribution >= 4 is 11.6 Å². The second-order valence-corrected chi connectivity index (χ2v) is 4.21. The van der Waals surface area contributed by atoms with Crippen molar-refractivity contribution in [3.63, 3.8) is 0 Å². The molecule has 1 aromatic heterocycles. The number of aryl methyl sites for hydroxylation is 1. The molecular weight excluding hydrogens is 258 g/mol. The first-order valence-corrected chi connectivity index (χ1v) is 6.04. The second-order valence-electron chi connectivity index (χ2n) is 4.21. The van der Waals surface area contributed by atoms with Crippen LogP contribution in [0, 0.1) is 0 Å². The molecule has 6 nitrogen and oxygen atoms in total. The highest BCUT2D eigenvalue weighted by atomic mass is 16.5. The van der Waals surface area contributed by atoms with Crippen molar-refractivity contribution in [2.24, 2.45) is 7.05 Å². The summed E-state index contributed by atoms with van der Waals surface area (Å²) in [7, 11) is 3.04. The molecule has 2 aromatic rings. The number of para-hydroxylation sites is 1. The first-order chi connectivity index (χ1) is 9.61. The summed E-state index contributed by atoms with van der Waals surface area (Å²) in [5.74, 6) is -0.246. The van der Waals surface area contributed by atoms with Gasteiger partial charge >= 0.3 is 0 Å². The third kappa shape index (κ3) is 3.10. The van der Waals surface area contributed by atoms with Gasteiger partial charge in [0.25, 0.3) is 5.56 Å². The maximum Gasteiger partial charge on any atom is 0.266 e. The number of hydrogen-bond donors (Lipinski definition) is 1. The minimum atomic E-state index is -0.246. The van der Waals surface area contributed by atoms with Crippen molar-refractivity contribution in [1.29, 1.82) is 0 Å². The smallest absolute Gasteiger partial charge is 0.266 e. The van der Waals surface area contributed by atoms with Crippen molar-refractivity contribution in [2.75, 3.05) is 19.0 Å². The van der Waals surface area contributed by atoms with E-state index in [1.165, 1.54) is 17.9 Å². The van der Waals surface area contributed by atoms with Gasteiger partial charge in [0, 0.05) is 25.8 Å².